The number of furan rings is 1. The number of imidazole rings is 1. The molecule has 2 aromatic heterocycles. The van der Waals surface area contributed by atoms with E-state index >= 15 is 0 Å². The van der Waals surface area contributed by atoms with E-state index in [0.717, 1.165) is 21.8 Å². The number of para-hydroxylation sites is 2. The second kappa shape index (κ2) is 9.19. The predicted octanol–water partition coefficient (Wildman–Crippen LogP) is 4.96. The van der Waals surface area contributed by atoms with E-state index in [4.69, 9.17) is 21.0 Å². The number of hydrogen-bond donors (Lipinski definition) is 1. The quantitative estimate of drug-likeness (QED) is 0.251. The summed E-state index contributed by atoms with van der Waals surface area (Å²) in [6.45, 7) is 2.41. The van der Waals surface area contributed by atoms with Crippen LogP contribution >= 0.6 is 23.4 Å². The van der Waals surface area contributed by atoms with Gasteiger partial charge < -0.3 is 8.98 Å². The molecule has 0 unspecified atom stereocenters. The SMILES string of the molecule is C/C(=N\NC(=O)CSc1nc2ccccc2n1Cc1ccc(Cl)cc1)c1ccco1. The molecule has 0 aliphatic rings. The fraction of sp³-hybridized carbons (Fsp3) is 0.136. The highest BCUT2D eigenvalue weighted by Crippen LogP contribution is 2.25. The van der Waals surface area contributed by atoms with E-state index in [9.17, 15) is 4.79 Å². The van der Waals surface area contributed by atoms with E-state index in [-0.39, 0.29) is 11.7 Å². The number of aromatic nitrogens is 2. The average Bonchev–Trinajstić information content (AvgIpc) is 3.41. The molecule has 6 nitrogen and oxygen atoms in total. The first kappa shape index (κ1) is 20.3. The van der Waals surface area contributed by atoms with Gasteiger partial charge in [0.1, 0.15) is 11.5 Å². The molecule has 0 fully saturated rings. The predicted molar refractivity (Wildman–Crippen MR) is 120 cm³/mol. The van der Waals surface area contributed by atoms with E-state index in [1.165, 1.54) is 11.8 Å². The molecule has 0 aliphatic heterocycles. The zero-order chi connectivity index (χ0) is 20.9. The third-order valence-electron chi connectivity index (χ3n) is 4.43. The number of carbonyl (C=O) groups is 1. The topological polar surface area (TPSA) is 72.4 Å². The van der Waals surface area contributed by atoms with Crippen LogP contribution in [0, 0.1) is 0 Å². The average molecular weight is 439 g/mol. The number of nitrogens with one attached hydrogen (secondary N) is 1. The van der Waals surface area contributed by atoms with Crippen molar-refractivity contribution < 1.29 is 9.21 Å². The zero-order valence-electron chi connectivity index (χ0n) is 16.2. The number of hydrogen-bond acceptors (Lipinski definition) is 5. The highest BCUT2D eigenvalue weighted by molar-refractivity contribution is 7.99. The van der Waals surface area contributed by atoms with Crippen molar-refractivity contribution in [3.8, 4) is 0 Å². The molecule has 4 rings (SSSR count). The van der Waals surface area contributed by atoms with E-state index in [2.05, 4.69) is 15.1 Å². The fourth-order valence-corrected chi connectivity index (χ4v) is 3.87. The van der Waals surface area contributed by atoms with Gasteiger partial charge in [-0.2, -0.15) is 5.10 Å². The van der Waals surface area contributed by atoms with Crippen LogP contribution in [-0.4, -0.2) is 26.9 Å². The molecule has 4 aromatic rings. The fourth-order valence-electron chi connectivity index (χ4n) is 2.94. The molecule has 0 radical (unpaired) electrons. The lowest BCUT2D eigenvalue weighted by Crippen LogP contribution is -2.21. The van der Waals surface area contributed by atoms with Crippen molar-refractivity contribution in [3.63, 3.8) is 0 Å². The summed E-state index contributed by atoms with van der Waals surface area (Å²) in [6.07, 6.45) is 1.57. The summed E-state index contributed by atoms with van der Waals surface area (Å²) in [5.41, 5.74) is 6.18. The molecule has 0 spiro atoms. The van der Waals surface area contributed by atoms with E-state index in [0.29, 0.717) is 23.0 Å². The molecule has 1 N–H and O–H groups in total. The second-order valence-electron chi connectivity index (χ2n) is 6.59. The minimum absolute atomic E-state index is 0.193. The van der Waals surface area contributed by atoms with Crippen molar-refractivity contribution in [2.24, 2.45) is 5.10 Å². The Labute approximate surface area is 182 Å². The van der Waals surface area contributed by atoms with Crippen LogP contribution in [0.4, 0.5) is 0 Å². The smallest absolute Gasteiger partial charge is 0.250 e. The largest absolute Gasteiger partial charge is 0.463 e. The van der Waals surface area contributed by atoms with Crippen molar-refractivity contribution in [2.75, 3.05) is 5.75 Å². The molecule has 0 atom stereocenters. The number of halogens is 1. The van der Waals surface area contributed by atoms with Gasteiger partial charge in [0.05, 0.1) is 29.6 Å². The highest BCUT2D eigenvalue weighted by Gasteiger charge is 2.13. The molecule has 152 valence electrons. The standard InChI is InChI=1S/C22H19ClN4O2S/c1-15(20-7-4-12-29-20)25-26-21(28)14-30-22-24-18-5-2-3-6-19(18)27(22)13-16-8-10-17(23)11-9-16/h2-12H,13-14H2,1H3,(H,26,28)/b25-15+. The van der Waals surface area contributed by atoms with Gasteiger partial charge in [-0.3, -0.25) is 4.79 Å². The maximum Gasteiger partial charge on any atom is 0.250 e. The Hall–Kier alpha value is -3.03. The highest BCUT2D eigenvalue weighted by atomic mass is 35.5. The van der Waals surface area contributed by atoms with Crippen LogP contribution in [0.1, 0.15) is 18.2 Å². The van der Waals surface area contributed by atoms with Crippen LogP contribution in [0.2, 0.25) is 5.02 Å². The summed E-state index contributed by atoms with van der Waals surface area (Å²) in [6, 6.07) is 19.2. The Morgan fingerprint density at radius 1 is 1.17 bits per heavy atom. The first-order chi connectivity index (χ1) is 14.6. The molecule has 8 heteroatoms. The van der Waals surface area contributed by atoms with Gasteiger partial charge in [0, 0.05) is 5.02 Å². The molecule has 0 saturated heterocycles. The number of benzene rings is 2. The van der Waals surface area contributed by atoms with E-state index in [1.54, 1.807) is 25.3 Å². The molecular weight excluding hydrogens is 420 g/mol. The van der Waals surface area contributed by atoms with E-state index in [1.807, 2.05) is 48.5 Å². The van der Waals surface area contributed by atoms with Crippen LogP contribution < -0.4 is 5.43 Å². The minimum Gasteiger partial charge on any atom is -0.463 e. The lowest BCUT2D eigenvalue weighted by molar-refractivity contribution is -0.118. The van der Waals surface area contributed by atoms with Crippen molar-refractivity contribution in [3.05, 3.63) is 83.3 Å². The van der Waals surface area contributed by atoms with Gasteiger partial charge in [-0.05, 0) is 48.9 Å². The van der Waals surface area contributed by atoms with Gasteiger partial charge in [0.15, 0.2) is 5.16 Å². The Bertz CT molecular complexity index is 1180. The number of thioether (sulfide) groups is 1. The zero-order valence-corrected chi connectivity index (χ0v) is 17.8. The lowest BCUT2D eigenvalue weighted by Gasteiger charge is -2.09. The Morgan fingerprint density at radius 2 is 1.97 bits per heavy atom. The van der Waals surface area contributed by atoms with E-state index < -0.39 is 0 Å². The third-order valence-corrected chi connectivity index (χ3v) is 5.66. The Balaban J connectivity index is 1.48. The van der Waals surface area contributed by atoms with Gasteiger partial charge >= 0.3 is 0 Å². The van der Waals surface area contributed by atoms with Gasteiger partial charge in [0.2, 0.25) is 0 Å². The number of nitrogens with zero attached hydrogens (tertiary/aromatic N) is 3. The molecule has 30 heavy (non-hydrogen) atoms. The third kappa shape index (κ3) is 4.75. The Kier molecular flexibility index (Phi) is 6.21. The van der Waals surface area contributed by atoms with Crippen molar-refractivity contribution >= 4 is 46.0 Å². The van der Waals surface area contributed by atoms with Gasteiger partial charge in [-0.25, -0.2) is 10.4 Å². The first-order valence-corrected chi connectivity index (χ1v) is 10.7. The maximum absolute atomic E-state index is 12.3. The minimum atomic E-state index is -0.212. The number of hydrazone groups is 1. The summed E-state index contributed by atoms with van der Waals surface area (Å²) in [5, 5.41) is 5.56. The van der Waals surface area contributed by atoms with Gasteiger partial charge in [0.25, 0.3) is 5.91 Å². The molecule has 0 saturated carbocycles. The molecule has 1 amide bonds. The molecule has 2 heterocycles. The molecule has 0 aliphatic carbocycles. The van der Waals surface area contributed by atoms with Gasteiger partial charge in [-0.1, -0.05) is 47.6 Å². The maximum atomic E-state index is 12.3. The summed E-state index contributed by atoms with van der Waals surface area (Å²) in [5.74, 6) is 0.600. The molecule has 2 aromatic carbocycles. The van der Waals surface area contributed by atoms with Crippen LogP contribution in [0.15, 0.2) is 81.6 Å². The number of amides is 1. The summed E-state index contributed by atoms with van der Waals surface area (Å²) in [7, 11) is 0. The van der Waals surface area contributed by atoms with Gasteiger partial charge in [-0.15, -0.1) is 0 Å². The monoisotopic (exact) mass is 438 g/mol. The van der Waals surface area contributed by atoms with Crippen molar-refractivity contribution in [1.29, 1.82) is 0 Å². The van der Waals surface area contributed by atoms with Crippen LogP contribution in [0.3, 0.4) is 0 Å². The summed E-state index contributed by atoms with van der Waals surface area (Å²) >= 11 is 7.38. The first-order valence-electron chi connectivity index (χ1n) is 9.29. The number of fused-ring (bicyclic) bond motifs is 1. The normalized spacial score (nSPS) is 11.7. The van der Waals surface area contributed by atoms with Crippen LogP contribution in [-0.2, 0) is 11.3 Å². The Morgan fingerprint density at radius 3 is 2.73 bits per heavy atom. The lowest BCUT2D eigenvalue weighted by atomic mass is 10.2. The van der Waals surface area contributed by atoms with Crippen LogP contribution in [0.25, 0.3) is 11.0 Å². The molecule has 0 bridgehead atoms. The second-order valence-corrected chi connectivity index (χ2v) is 7.97. The van der Waals surface area contributed by atoms with Crippen molar-refractivity contribution in [2.45, 2.75) is 18.6 Å². The van der Waals surface area contributed by atoms with Crippen LogP contribution in [0.5, 0.6) is 0 Å². The number of rotatable bonds is 7. The van der Waals surface area contributed by atoms with Crippen molar-refractivity contribution in [1.82, 2.24) is 15.0 Å². The molecular formula is C22H19ClN4O2S. The summed E-state index contributed by atoms with van der Waals surface area (Å²) in [4.78, 5) is 17.0. The number of carbonyl (C=O) groups excluding carboxylic acids is 1. The summed E-state index contributed by atoms with van der Waals surface area (Å²) < 4.78 is 7.37.